The highest BCUT2D eigenvalue weighted by Crippen LogP contribution is 2.36. The molecule has 5 rings (SSSR count). The van der Waals surface area contributed by atoms with Crippen LogP contribution in [0.4, 0.5) is 17.1 Å². The molecule has 5 N–H and O–H groups in total. The number of nitrogens with zero attached hydrogens (tertiary/aromatic N) is 3. The standard InChI is InChI=1S/C24H24N6OS2/c25-15-3-1-11-30(14-15)19-9-10-27-13-18(19)29-24(31)23-16(26)5-6-17(28-23)20-7-8-22(33-20)21-4-2-12-32-21/h2,4-10,12-13,15H,1,3,11,14,25-26H2,(H,29,31)/t15-/m0/s1. The Morgan fingerprint density at radius 2 is 2.00 bits per heavy atom. The van der Waals surface area contributed by atoms with E-state index in [9.17, 15) is 4.79 Å². The molecule has 33 heavy (non-hydrogen) atoms. The van der Waals surface area contributed by atoms with Gasteiger partial charge in [0, 0.05) is 35.1 Å². The average Bonchev–Trinajstić information content (AvgIpc) is 3.52. The fraction of sp³-hybridized carbons (Fsp3) is 0.208. The Morgan fingerprint density at radius 1 is 1.12 bits per heavy atom. The number of carbonyl (C=O) groups excluding carboxylic acids is 1. The third-order valence-electron chi connectivity index (χ3n) is 5.61. The van der Waals surface area contributed by atoms with Crippen LogP contribution in [0.15, 0.2) is 60.2 Å². The van der Waals surface area contributed by atoms with Crippen LogP contribution in [-0.2, 0) is 0 Å². The second-order valence-corrected chi connectivity index (χ2v) is 10.0. The summed E-state index contributed by atoms with van der Waals surface area (Å²) >= 11 is 3.34. The lowest BCUT2D eigenvalue weighted by Crippen LogP contribution is -2.43. The van der Waals surface area contributed by atoms with Crippen LogP contribution in [-0.4, -0.2) is 35.0 Å². The van der Waals surface area contributed by atoms with E-state index in [0.29, 0.717) is 11.4 Å². The van der Waals surface area contributed by atoms with Gasteiger partial charge in [0.1, 0.15) is 0 Å². The molecule has 0 unspecified atom stereocenters. The van der Waals surface area contributed by atoms with E-state index < -0.39 is 0 Å². The third kappa shape index (κ3) is 4.61. The minimum Gasteiger partial charge on any atom is -0.397 e. The van der Waals surface area contributed by atoms with E-state index in [0.717, 1.165) is 42.2 Å². The molecule has 5 heterocycles. The number of amides is 1. The first kappa shape index (κ1) is 21.6. The first-order valence-corrected chi connectivity index (χ1v) is 12.4. The summed E-state index contributed by atoms with van der Waals surface area (Å²) in [6.45, 7) is 1.63. The van der Waals surface area contributed by atoms with Crippen LogP contribution in [0.3, 0.4) is 0 Å². The molecular weight excluding hydrogens is 452 g/mol. The van der Waals surface area contributed by atoms with E-state index in [1.165, 1.54) is 9.75 Å². The third-order valence-corrected chi connectivity index (χ3v) is 7.78. The SMILES string of the molecule is Nc1ccc(-c2ccc(-c3cccs3)s2)nc1C(=O)Nc1cnccc1N1CCC[C@H](N)C1. The second-order valence-electron chi connectivity index (χ2n) is 7.97. The molecule has 1 atom stereocenters. The molecule has 1 saturated heterocycles. The Kier molecular flexibility index (Phi) is 6.08. The highest BCUT2D eigenvalue weighted by Gasteiger charge is 2.21. The molecule has 0 saturated carbocycles. The Balaban J connectivity index is 1.40. The van der Waals surface area contributed by atoms with Gasteiger partial charge in [-0.05, 0) is 54.6 Å². The lowest BCUT2D eigenvalue weighted by molar-refractivity contribution is 0.102. The van der Waals surface area contributed by atoms with Gasteiger partial charge >= 0.3 is 0 Å². The number of carbonyl (C=O) groups is 1. The van der Waals surface area contributed by atoms with Gasteiger partial charge in [0.2, 0.25) is 0 Å². The van der Waals surface area contributed by atoms with Gasteiger partial charge in [-0.1, -0.05) is 6.07 Å². The van der Waals surface area contributed by atoms with Gasteiger partial charge in [-0.3, -0.25) is 9.78 Å². The molecule has 0 aromatic carbocycles. The molecule has 0 spiro atoms. The predicted octanol–water partition coefficient (Wildman–Crippen LogP) is 4.70. The molecule has 0 aliphatic carbocycles. The van der Waals surface area contributed by atoms with Crippen molar-refractivity contribution in [3.8, 4) is 20.3 Å². The largest absolute Gasteiger partial charge is 0.397 e. The van der Waals surface area contributed by atoms with Crippen LogP contribution in [0.5, 0.6) is 0 Å². The summed E-state index contributed by atoms with van der Waals surface area (Å²) in [5.74, 6) is -0.361. The molecular formula is C24H24N6OS2. The Labute approximate surface area is 200 Å². The fourth-order valence-electron chi connectivity index (χ4n) is 3.99. The number of hydrogen-bond donors (Lipinski definition) is 3. The molecule has 1 amide bonds. The molecule has 1 aliphatic rings. The van der Waals surface area contributed by atoms with E-state index in [1.54, 1.807) is 41.1 Å². The van der Waals surface area contributed by atoms with Crippen molar-refractivity contribution >= 4 is 45.6 Å². The lowest BCUT2D eigenvalue weighted by atomic mass is 10.1. The highest BCUT2D eigenvalue weighted by atomic mass is 32.1. The van der Waals surface area contributed by atoms with Crippen molar-refractivity contribution in [3.05, 3.63) is 65.9 Å². The van der Waals surface area contributed by atoms with E-state index >= 15 is 0 Å². The highest BCUT2D eigenvalue weighted by molar-refractivity contribution is 7.23. The molecule has 168 valence electrons. The number of anilines is 3. The number of nitrogen functional groups attached to an aromatic ring is 1. The maximum absolute atomic E-state index is 13.2. The van der Waals surface area contributed by atoms with E-state index in [4.69, 9.17) is 11.5 Å². The van der Waals surface area contributed by atoms with Crippen LogP contribution in [0, 0.1) is 0 Å². The van der Waals surface area contributed by atoms with Gasteiger partial charge in [0.25, 0.3) is 5.91 Å². The lowest BCUT2D eigenvalue weighted by Gasteiger charge is -2.33. The molecule has 1 fully saturated rings. The Morgan fingerprint density at radius 3 is 2.82 bits per heavy atom. The van der Waals surface area contributed by atoms with E-state index in [1.807, 2.05) is 24.3 Å². The topological polar surface area (TPSA) is 110 Å². The summed E-state index contributed by atoms with van der Waals surface area (Å²) in [6, 6.07) is 13.8. The Bertz CT molecular complexity index is 1270. The van der Waals surface area contributed by atoms with Gasteiger partial charge in [0.15, 0.2) is 5.69 Å². The minimum atomic E-state index is -0.361. The van der Waals surface area contributed by atoms with Crippen molar-refractivity contribution in [2.75, 3.05) is 29.0 Å². The summed E-state index contributed by atoms with van der Waals surface area (Å²) in [6.07, 6.45) is 5.40. The van der Waals surface area contributed by atoms with E-state index in [-0.39, 0.29) is 17.6 Å². The average molecular weight is 477 g/mol. The molecule has 0 radical (unpaired) electrons. The van der Waals surface area contributed by atoms with Gasteiger partial charge in [-0.25, -0.2) is 4.98 Å². The molecule has 4 aromatic rings. The molecule has 7 nitrogen and oxygen atoms in total. The number of hydrogen-bond acceptors (Lipinski definition) is 8. The fourth-order valence-corrected chi connectivity index (χ4v) is 5.80. The van der Waals surface area contributed by atoms with Crippen LogP contribution in [0.1, 0.15) is 23.3 Å². The van der Waals surface area contributed by atoms with Gasteiger partial charge < -0.3 is 21.7 Å². The van der Waals surface area contributed by atoms with Crippen LogP contribution in [0.2, 0.25) is 0 Å². The zero-order chi connectivity index (χ0) is 22.8. The molecule has 0 bridgehead atoms. The number of pyridine rings is 2. The Hall–Kier alpha value is -3.27. The molecule has 9 heteroatoms. The van der Waals surface area contributed by atoms with Crippen LogP contribution in [0.25, 0.3) is 20.3 Å². The quantitative estimate of drug-likeness (QED) is 0.385. The zero-order valence-electron chi connectivity index (χ0n) is 17.9. The number of aromatic nitrogens is 2. The van der Waals surface area contributed by atoms with Crippen LogP contribution >= 0.6 is 22.7 Å². The minimum absolute atomic E-state index is 0.120. The monoisotopic (exact) mass is 476 g/mol. The maximum atomic E-state index is 13.2. The zero-order valence-corrected chi connectivity index (χ0v) is 19.5. The maximum Gasteiger partial charge on any atom is 0.276 e. The summed E-state index contributed by atoms with van der Waals surface area (Å²) in [5, 5.41) is 5.02. The number of piperidine rings is 1. The number of nitrogens with one attached hydrogen (secondary N) is 1. The predicted molar refractivity (Wildman–Crippen MR) is 137 cm³/mol. The normalized spacial score (nSPS) is 16.0. The first-order valence-electron chi connectivity index (χ1n) is 10.7. The smallest absolute Gasteiger partial charge is 0.276 e. The van der Waals surface area contributed by atoms with E-state index in [2.05, 4.69) is 37.7 Å². The first-order chi connectivity index (χ1) is 16.1. The summed E-state index contributed by atoms with van der Waals surface area (Å²) in [7, 11) is 0. The van der Waals surface area contributed by atoms with Gasteiger partial charge in [0.05, 0.1) is 33.8 Å². The summed E-state index contributed by atoms with van der Waals surface area (Å²) in [5.41, 5.74) is 15.1. The van der Waals surface area contributed by atoms with Crippen molar-refractivity contribution in [3.63, 3.8) is 0 Å². The summed E-state index contributed by atoms with van der Waals surface area (Å²) in [4.78, 5) is 27.6. The number of thiophene rings is 2. The van der Waals surface area contributed by atoms with Crippen molar-refractivity contribution in [1.82, 2.24) is 9.97 Å². The van der Waals surface area contributed by atoms with Crippen LogP contribution < -0.4 is 21.7 Å². The van der Waals surface area contributed by atoms with Gasteiger partial charge in [-0.15, -0.1) is 22.7 Å². The molecule has 1 aliphatic heterocycles. The number of rotatable bonds is 5. The van der Waals surface area contributed by atoms with Crippen molar-refractivity contribution in [1.29, 1.82) is 0 Å². The second kappa shape index (κ2) is 9.30. The van der Waals surface area contributed by atoms with Crippen molar-refractivity contribution in [2.24, 2.45) is 5.73 Å². The van der Waals surface area contributed by atoms with Crippen molar-refractivity contribution in [2.45, 2.75) is 18.9 Å². The molecule has 4 aromatic heterocycles. The van der Waals surface area contributed by atoms with Gasteiger partial charge in [-0.2, -0.15) is 0 Å². The summed E-state index contributed by atoms with van der Waals surface area (Å²) < 4.78 is 0. The number of nitrogens with two attached hydrogens (primary N) is 2. The van der Waals surface area contributed by atoms with Crippen molar-refractivity contribution < 1.29 is 4.79 Å².